The van der Waals surface area contributed by atoms with Crippen LogP contribution < -0.4 is 4.74 Å². The highest BCUT2D eigenvalue weighted by atomic mass is 127. The van der Waals surface area contributed by atoms with E-state index in [4.69, 9.17) is 4.74 Å². The maximum Gasteiger partial charge on any atom is 0.293 e. The lowest BCUT2D eigenvalue weighted by Gasteiger charge is -2.12. The van der Waals surface area contributed by atoms with E-state index in [1.165, 1.54) is 8.47 Å². The van der Waals surface area contributed by atoms with E-state index in [0.717, 1.165) is 35.8 Å². The van der Waals surface area contributed by atoms with E-state index in [2.05, 4.69) is 92.0 Å². The predicted octanol–water partition coefficient (Wildman–Crippen LogP) is 6.14. The van der Waals surface area contributed by atoms with E-state index in [0.29, 0.717) is 18.1 Å². The summed E-state index contributed by atoms with van der Waals surface area (Å²) in [7, 11) is 0. The van der Waals surface area contributed by atoms with Crippen LogP contribution >= 0.6 is 79.5 Å². The molecule has 0 bridgehead atoms. The highest BCUT2D eigenvalue weighted by Gasteiger charge is 2.33. The molecule has 0 aliphatic carbocycles. The van der Waals surface area contributed by atoms with Gasteiger partial charge in [0.15, 0.2) is 0 Å². The molecule has 2 aromatic rings. The van der Waals surface area contributed by atoms with Crippen molar-refractivity contribution in [3.05, 3.63) is 63.1 Å². The Hall–Kier alpha value is -0.340. The second kappa shape index (κ2) is 9.44. The Bertz CT molecular complexity index is 905. The van der Waals surface area contributed by atoms with Crippen LogP contribution in [0.2, 0.25) is 0 Å². The Labute approximate surface area is 202 Å². The van der Waals surface area contributed by atoms with Crippen molar-refractivity contribution in [1.82, 2.24) is 4.90 Å². The Morgan fingerprint density at radius 2 is 1.70 bits per heavy atom. The number of carbonyl (C=O) groups excluding carboxylic acids is 2. The minimum Gasteiger partial charge on any atom is -0.487 e. The van der Waals surface area contributed by atoms with E-state index in [9.17, 15) is 9.59 Å². The number of carbonyl (C=O) groups is 2. The molecule has 2 amide bonds. The molecule has 1 aliphatic rings. The van der Waals surface area contributed by atoms with Crippen LogP contribution in [-0.4, -0.2) is 22.6 Å². The van der Waals surface area contributed by atoms with Crippen LogP contribution in [0, 0.1) is 10.7 Å². The van der Waals surface area contributed by atoms with Gasteiger partial charge in [-0.25, -0.2) is 0 Å². The normalized spacial score (nSPS) is 15.7. The Balaban J connectivity index is 1.79. The summed E-state index contributed by atoms with van der Waals surface area (Å²) >= 11 is 7.74. The molecule has 0 spiro atoms. The van der Waals surface area contributed by atoms with E-state index < -0.39 is 0 Å². The quantitative estimate of drug-likeness (QED) is 0.276. The molecule has 140 valence electrons. The Kier molecular flexibility index (Phi) is 7.47. The van der Waals surface area contributed by atoms with Gasteiger partial charge in [-0.15, -0.1) is 0 Å². The maximum atomic E-state index is 12.3. The monoisotopic (exact) mass is 717 g/mol. The van der Waals surface area contributed by atoms with Gasteiger partial charge >= 0.3 is 0 Å². The molecular formula is C19H14I3NO3S. The van der Waals surface area contributed by atoms with Crippen LogP contribution in [0.25, 0.3) is 6.08 Å². The van der Waals surface area contributed by atoms with Crippen molar-refractivity contribution in [3.63, 3.8) is 0 Å². The summed E-state index contributed by atoms with van der Waals surface area (Å²) < 4.78 is 9.14. The number of amides is 2. The Morgan fingerprint density at radius 3 is 2.26 bits per heavy atom. The lowest BCUT2D eigenvalue weighted by Crippen LogP contribution is -2.27. The molecule has 27 heavy (non-hydrogen) atoms. The van der Waals surface area contributed by atoms with Crippen LogP contribution in [0.5, 0.6) is 5.75 Å². The van der Waals surface area contributed by atoms with E-state index in [1.54, 1.807) is 13.0 Å². The minimum atomic E-state index is -0.225. The zero-order valence-electron chi connectivity index (χ0n) is 14.2. The average molecular weight is 717 g/mol. The van der Waals surface area contributed by atoms with Crippen molar-refractivity contribution in [2.45, 2.75) is 13.5 Å². The first-order valence-corrected chi connectivity index (χ1v) is 12.1. The number of benzene rings is 2. The number of imide groups is 1. The van der Waals surface area contributed by atoms with Crippen molar-refractivity contribution in [2.75, 3.05) is 6.54 Å². The number of halogens is 3. The summed E-state index contributed by atoms with van der Waals surface area (Å²) in [6.45, 7) is 2.69. The summed E-state index contributed by atoms with van der Waals surface area (Å²) in [4.78, 5) is 25.8. The van der Waals surface area contributed by atoms with Gasteiger partial charge < -0.3 is 4.74 Å². The largest absolute Gasteiger partial charge is 0.487 e. The second-order valence-corrected chi connectivity index (χ2v) is 10.2. The third kappa shape index (κ3) is 5.18. The van der Waals surface area contributed by atoms with Gasteiger partial charge in [0.1, 0.15) is 12.4 Å². The number of rotatable bonds is 5. The van der Waals surface area contributed by atoms with E-state index in [-0.39, 0.29) is 11.1 Å². The standard InChI is InChI=1S/C19H14I3NO3S/c1-2-23-18(24)16(27-19(23)25)9-12-7-14(21)17(15(22)8-12)26-10-11-3-5-13(20)6-4-11/h3-9H,2,10H2,1H3/b16-9+. The van der Waals surface area contributed by atoms with Crippen LogP contribution in [0.4, 0.5) is 4.79 Å². The maximum absolute atomic E-state index is 12.3. The van der Waals surface area contributed by atoms with Gasteiger partial charge in [-0.1, -0.05) is 12.1 Å². The topological polar surface area (TPSA) is 46.6 Å². The van der Waals surface area contributed by atoms with Crippen molar-refractivity contribution in [1.29, 1.82) is 0 Å². The van der Waals surface area contributed by atoms with Gasteiger partial charge in [-0.3, -0.25) is 14.5 Å². The molecule has 3 rings (SSSR count). The van der Waals surface area contributed by atoms with E-state index >= 15 is 0 Å². The molecule has 2 aromatic carbocycles. The first kappa shape index (κ1) is 21.4. The average Bonchev–Trinajstić information content (AvgIpc) is 2.88. The number of hydrogen-bond donors (Lipinski definition) is 0. The van der Waals surface area contributed by atoms with Crippen molar-refractivity contribution in [2.24, 2.45) is 0 Å². The number of hydrogen-bond acceptors (Lipinski definition) is 4. The van der Waals surface area contributed by atoms with Crippen LogP contribution in [-0.2, 0) is 11.4 Å². The van der Waals surface area contributed by atoms with Gasteiger partial charge in [-0.2, -0.15) is 0 Å². The molecule has 1 fully saturated rings. The van der Waals surface area contributed by atoms with Crippen molar-refractivity contribution >= 4 is 96.8 Å². The first-order valence-electron chi connectivity index (χ1n) is 8.00. The summed E-state index contributed by atoms with van der Waals surface area (Å²) in [5.74, 6) is 0.602. The van der Waals surface area contributed by atoms with Crippen LogP contribution in [0.1, 0.15) is 18.1 Å². The summed E-state index contributed by atoms with van der Waals surface area (Å²) in [6.07, 6.45) is 1.77. The molecule has 1 saturated heterocycles. The van der Waals surface area contributed by atoms with Gasteiger partial charge in [0.25, 0.3) is 11.1 Å². The summed E-state index contributed by atoms with van der Waals surface area (Å²) in [6, 6.07) is 12.2. The first-order chi connectivity index (χ1) is 12.9. The lowest BCUT2D eigenvalue weighted by molar-refractivity contribution is -0.122. The molecule has 0 atom stereocenters. The predicted molar refractivity (Wildman–Crippen MR) is 134 cm³/mol. The second-order valence-electron chi connectivity index (χ2n) is 5.65. The summed E-state index contributed by atoms with van der Waals surface area (Å²) in [5.41, 5.74) is 1.99. The third-order valence-electron chi connectivity index (χ3n) is 3.80. The molecule has 1 aliphatic heterocycles. The fourth-order valence-electron chi connectivity index (χ4n) is 2.46. The smallest absolute Gasteiger partial charge is 0.293 e. The lowest BCUT2D eigenvalue weighted by atomic mass is 10.2. The van der Waals surface area contributed by atoms with Gasteiger partial charge in [0.2, 0.25) is 0 Å². The molecule has 1 heterocycles. The number of nitrogens with zero attached hydrogens (tertiary/aromatic N) is 1. The number of ether oxygens (including phenoxy) is 1. The molecule has 8 heteroatoms. The fraction of sp³-hybridized carbons (Fsp3) is 0.158. The van der Waals surface area contributed by atoms with E-state index in [1.807, 2.05) is 12.1 Å². The van der Waals surface area contributed by atoms with Crippen LogP contribution in [0.3, 0.4) is 0 Å². The van der Waals surface area contributed by atoms with Gasteiger partial charge in [0.05, 0.1) is 12.0 Å². The molecule has 0 saturated carbocycles. The Morgan fingerprint density at radius 1 is 1.07 bits per heavy atom. The number of thioether (sulfide) groups is 1. The minimum absolute atomic E-state index is 0.212. The van der Waals surface area contributed by atoms with Crippen molar-refractivity contribution in [3.8, 4) is 5.75 Å². The molecule has 0 aromatic heterocycles. The zero-order chi connectivity index (χ0) is 19.6. The molecular weight excluding hydrogens is 703 g/mol. The van der Waals surface area contributed by atoms with Crippen molar-refractivity contribution < 1.29 is 14.3 Å². The molecule has 0 radical (unpaired) electrons. The number of likely N-dealkylation sites (N-methyl/N-ethyl adjacent to an activating group) is 1. The SMILES string of the molecule is CCN1C(=O)S/C(=C/c2cc(I)c(OCc3ccc(I)cc3)c(I)c2)C1=O. The molecule has 0 unspecified atom stereocenters. The third-order valence-corrected chi connectivity index (χ3v) is 7.03. The van der Waals surface area contributed by atoms with Gasteiger partial charge in [-0.05, 0) is 128 Å². The molecule has 4 nitrogen and oxygen atoms in total. The highest BCUT2D eigenvalue weighted by Crippen LogP contribution is 2.34. The summed E-state index contributed by atoms with van der Waals surface area (Å²) in [5, 5.41) is -0.212. The zero-order valence-corrected chi connectivity index (χ0v) is 21.5. The van der Waals surface area contributed by atoms with Crippen LogP contribution in [0.15, 0.2) is 41.3 Å². The van der Waals surface area contributed by atoms with Gasteiger partial charge in [0, 0.05) is 10.1 Å². The highest BCUT2D eigenvalue weighted by molar-refractivity contribution is 14.1. The fourth-order valence-corrected chi connectivity index (χ4v) is 5.85. The molecule has 0 N–H and O–H groups in total.